The van der Waals surface area contributed by atoms with Crippen LogP contribution in [0.4, 0.5) is 11.4 Å². The molecule has 0 radical (unpaired) electrons. The molecule has 0 aliphatic rings. The zero-order valence-electron chi connectivity index (χ0n) is 11.4. The highest BCUT2D eigenvalue weighted by atomic mass is 32.2. The number of rotatable bonds is 6. The molecule has 0 aromatic heterocycles. The summed E-state index contributed by atoms with van der Waals surface area (Å²) in [5.74, 6) is 0. The lowest BCUT2D eigenvalue weighted by atomic mass is 10.3. The average molecular weight is 303 g/mol. The highest BCUT2D eigenvalue weighted by Crippen LogP contribution is 2.26. The highest BCUT2D eigenvalue weighted by Gasteiger charge is 2.28. The van der Waals surface area contributed by atoms with Gasteiger partial charge in [-0.2, -0.15) is 4.31 Å². The first kappa shape index (κ1) is 16.3. The molecule has 20 heavy (non-hydrogen) atoms. The second-order valence-electron chi connectivity index (χ2n) is 4.30. The van der Waals surface area contributed by atoms with Gasteiger partial charge in [-0.15, -0.1) is 0 Å². The molecule has 0 aliphatic carbocycles. The number of non-ortho nitro benzene ring substituents is 1. The van der Waals surface area contributed by atoms with E-state index < -0.39 is 14.9 Å². The Kier molecular flexibility index (Phi) is 5.03. The van der Waals surface area contributed by atoms with E-state index in [-0.39, 0.29) is 28.9 Å². The molecule has 0 heterocycles. The Hall–Kier alpha value is -1.71. The number of nitro groups is 1. The minimum Gasteiger partial charge on any atom is -0.397 e. The zero-order chi connectivity index (χ0) is 15.5. The Labute approximate surface area is 117 Å². The summed E-state index contributed by atoms with van der Waals surface area (Å²) in [5, 5.41) is 10.6. The van der Waals surface area contributed by atoms with Crippen molar-refractivity contribution in [3.05, 3.63) is 28.3 Å². The molecule has 112 valence electrons. The van der Waals surface area contributed by atoms with Crippen molar-refractivity contribution in [2.45, 2.75) is 17.9 Å². The first-order valence-electron chi connectivity index (χ1n) is 5.72. The number of nitrogen functional groups attached to an aromatic ring is 1. The normalized spacial score (nSPS) is 13.4. The number of hydrogen-bond acceptors (Lipinski definition) is 6. The molecule has 0 saturated heterocycles. The summed E-state index contributed by atoms with van der Waals surface area (Å²) in [5.41, 5.74) is 5.20. The summed E-state index contributed by atoms with van der Waals surface area (Å²) >= 11 is 0. The Balaban J connectivity index is 3.19. The van der Waals surface area contributed by atoms with Gasteiger partial charge < -0.3 is 10.5 Å². The Morgan fingerprint density at radius 2 is 2.10 bits per heavy atom. The molecule has 0 bridgehead atoms. The quantitative estimate of drug-likeness (QED) is 0.473. The number of anilines is 1. The molecule has 1 rings (SSSR count). The van der Waals surface area contributed by atoms with Crippen molar-refractivity contribution >= 4 is 21.4 Å². The van der Waals surface area contributed by atoms with Gasteiger partial charge >= 0.3 is 0 Å². The third-order valence-electron chi connectivity index (χ3n) is 2.89. The van der Waals surface area contributed by atoms with Crippen molar-refractivity contribution in [2.75, 3.05) is 26.5 Å². The van der Waals surface area contributed by atoms with Crippen LogP contribution in [0, 0.1) is 10.1 Å². The van der Waals surface area contributed by atoms with Crippen LogP contribution in [0.15, 0.2) is 23.1 Å². The van der Waals surface area contributed by atoms with Gasteiger partial charge in [0, 0.05) is 32.3 Å². The van der Waals surface area contributed by atoms with Crippen LogP contribution >= 0.6 is 0 Å². The number of ether oxygens (including phenoxy) is 1. The first-order chi connectivity index (χ1) is 9.21. The minimum atomic E-state index is -3.83. The fourth-order valence-corrected chi connectivity index (χ4v) is 3.06. The van der Waals surface area contributed by atoms with Crippen LogP contribution in [0.25, 0.3) is 0 Å². The Morgan fingerprint density at radius 3 is 2.55 bits per heavy atom. The van der Waals surface area contributed by atoms with E-state index in [0.717, 1.165) is 22.5 Å². The van der Waals surface area contributed by atoms with Gasteiger partial charge in [-0.1, -0.05) is 0 Å². The maximum atomic E-state index is 12.4. The maximum absolute atomic E-state index is 12.4. The molecule has 1 aromatic rings. The van der Waals surface area contributed by atoms with E-state index in [1.165, 1.54) is 14.2 Å². The summed E-state index contributed by atoms with van der Waals surface area (Å²) in [4.78, 5) is 9.82. The number of nitrogens with zero attached hydrogens (tertiary/aromatic N) is 2. The van der Waals surface area contributed by atoms with Crippen LogP contribution in [0.2, 0.25) is 0 Å². The van der Waals surface area contributed by atoms with Crippen molar-refractivity contribution < 1.29 is 18.1 Å². The van der Waals surface area contributed by atoms with Crippen LogP contribution in [-0.4, -0.2) is 44.5 Å². The predicted molar refractivity (Wildman–Crippen MR) is 73.8 cm³/mol. The van der Waals surface area contributed by atoms with E-state index in [2.05, 4.69) is 0 Å². The number of benzene rings is 1. The predicted octanol–water partition coefficient (Wildman–Crippen LogP) is 0.832. The number of hydrogen-bond donors (Lipinski definition) is 1. The molecule has 1 aromatic carbocycles. The van der Waals surface area contributed by atoms with Gasteiger partial charge in [0.1, 0.15) is 4.90 Å². The zero-order valence-corrected chi connectivity index (χ0v) is 12.3. The fourth-order valence-electron chi connectivity index (χ4n) is 1.62. The van der Waals surface area contributed by atoms with Crippen LogP contribution in [0.1, 0.15) is 6.92 Å². The molecule has 8 nitrogen and oxygen atoms in total. The SMILES string of the molecule is COCC(C)N(C)S(=O)(=O)c1ccc([N+](=O)[O-])cc1N. The summed E-state index contributed by atoms with van der Waals surface area (Å²) in [6.07, 6.45) is 0. The second-order valence-corrected chi connectivity index (χ2v) is 6.27. The average Bonchev–Trinajstić information content (AvgIpc) is 2.37. The topological polar surface area (TPSA) is 116 Å². The summed E-state index contributed by atoms with van der Waals surface area (Å²) in [6.45, 7) is 1.91. The number of sulfonamides is 1. The molecule has 0 aliphatic heterocycles. The second kappa shape index (κ2) is 6.16. The van der Waals surface area contributed by atoms with Gasteiger partial charge in [-0.25, -0.2) is 8.42 Å². The molecule has 1 unspecified atom stereocenters. The maximum Gasteiger partial charge on any atom is 0.271 e. The van der Waals surface area contributed by atoms with Gasteiger partial charge in [0.05, 0.1) is 17.2 Å². The number of likely N-dealkylation sites (N-methyl/N-ethyl adjacent to an activating group) is 1. The molecule has 2 N–H and O–H groups in total. The lowest BCUT2D eigenvalue weighted by Gasteiger charge is -2.24. The lowest BCUT2D eigenvalue weighted by molar-refractivity contribution is -0.384. The molecule has 9 heteroatoms. The number of methoxy groups -OCH3 is 1. The highest BCUT2D eigenvalue weighted by molar-refractivity contribution is 7.89. The van der Waals surface area contributed by atoms with Crippen LogP contribution in [0.5, 0.6) is 0 Å². The molecular formula is C11H17N3O5S. The third-order valence-corrected chi connectivity index (χ3v) is 4.94. The fraction of sp³-hybridized carbons (Fsp3) is 0.455. The standard InChI is InChI=1S/C11H17N3O5S/c1-8(7-19-3)13(2)20(17,18)11-5-4-9(14(15)16)6-10(11)12/h4-6,8H,7,12H2,1-3H3. The monoisotopic (exact) mass is 303 g/mol. The van der Waals surface area contributed by atoms with E-state index in [0.29, 0.717) is 0 Å². The third kappa shape index (κ3) is 3.24. The minimum absolute atomic E-state index is 0.157. The number of nitro benzene ring substituents is 1. The van der Waals surface area contributed by atoms with Crippen molar-refractivity contribution in [1.29, 1.82) is 0 Å². The van der Waals surface area contributed by atoms with Crippen LogP contribution in [-0.2, 0) is 14.8 Å². The van der Waals surface area contributed by atoms with Crippen molar-refractivity contribution in [3.63, 3.8) is 0 Å². The molecular weight excluding hydrogens is 286 g/mol. The van der Waals surface area contributed by atoms with Gasteiger partial charge in [-0.3, -0.25) is 10.1 Å². The van der Waals surface area contributed by atoms with Crippen molar-refractivity contribution in [3.8, 4) is 0 Å². The summed E-state index contributed by atoms with van der Waals surface area (Å²) in [6, 6.07) is 2.89. The van der Waals surface area contributed by atoms with E-state index >= 15 is 0 Å². The molecule has 0 spiro atoms. The molecule has 0 fully saturated rings. The Bertz CT molecular complexity index is 602. The van der Waals surface area contributed by atoms with Crippen LogP contribution in [0.3, 0.4) is 0 Å². The van der Waals surface area contributed by atoms with Crippen molar-refractivity contribution in [1.82, 2.24) is 4.31 Å². The molecule has 0 amide bonds. The van der Waals surface area contributed by atoms with Crippen LogP contribution < -0.4 is 5.73 Å². The summed E-state index contributed by atoms with van der Waals surface area (Å²) in [7, 11) is -0.956. The van der Waals surface area contributed by atoms with E-state index in [1.807, 2.05) is 0 Å². The van der Waals surface area contributed by atoms with Gasteiger partial charge in [0.15, 0.2) is 0 Å². The van der Waals surface area contributed by atoms with Gasteiger partial charge in [0.2, 0.25) is 10.0 Å². The molecule has 0 saturated carbocycles. The molecule has 1 atom stereocenters. The van der Waals surface area contributed by atoms with Gasteiger partial charge in [0.25, 0.3) is 5.69 Å². The van der Waals surface area contributed by atoms with E-state index in [1.54, 1.807) is 6.92 Å². The van der Waals surface area contributed by atoms with E-state index in [9.17, 15) is 18.5 Å². The van der Waals surface area contributed by atoms with Gasteiger partial charge in [-0.05, 0) is 13.0 Å². The Morgan fingerprint density at radius 1 is 1.50 bits per heavy atom. The first-order valence-corrected chi connectivity index (χ1v) is 7.16. The largest absolute Gasteiger partial charge is 0.397 e. The lowest BCUT2D eigenvalue weighted by Crippen LogP contribution is -2.38. The number of nitrogens with two attached hydrogens (primary N) is 1. The van der Waals surface area contributed by atoms with Crippen molar-refractivity contribution in [2.24, 2.45) is 0 Å². The van der Waals surface area contributed by atoms with E-state index in [4.69, 9.17) is 10.5 Å². The summed E-state index contributed by atoms with van der Waals surface area (Å²) < 4.78 is 30.8. The smallest absolute Gasteiger partial charge is 0.271 e.